The van der Waals surface area contributed by atoms with Gasteiger partial charge in [-0.2, -0.15) is 0 Å². The number of carbonyl (C=O) groups excluding carboxylic acids is 1. The Morgan fingerprint density at radius 2 is 2.00 bits per heavy atom. The van der Waals surface area contributed by atoms with E-state index in [1.807, 2.05) is 18.3 Å². The molecule has 1 aromatic heterocycles. The molecule has 2 aliphatic rings. The molecule has 1 aliphatic carbocycles. The molecule has 1 aliphatic heterocycles. The summed E-state index contributed by atoms with van der Waals surface area (Å²) in [4.78, 5) is 21.5. The molecule has 21 heavy (non-hydrogen) atoms. The van der Waals surface area contributed by atoms with Gasteiger partial charge in [-0.3, -0.25) is 4.79 Å². The maximum absolute atomic E-state index is 12.6. The van der Waals surface area contributed by atoms with Crippen LogP contribution in [0.3, 0.4) is 0 Å². The molecular formula is C17H25N3O. The van der Waals surface area contributed by atoms with Crippen molar-refractivity contribution in [1.82, 2.24) is 9.88 Å². The molecule has 2 heterocycles. The van der Waals surface area contributed by atoms with Gasteiger partial charge in [-0.1, -0.05) is 25.3 Å². The molecule has 0 radical (unpaired) electrons. The van der Waals surface area contributed by atoms with Crippen molar-refractivity contribution >= 4 is 11.7 Å². The van der Waals surface area contributed by atoms with Crippen LogP contribution in [0.15, 0.2) is 24.4 Å². The second-order valence-corrected chi connectivity index (χ2v) is 6.35. The molecule has 4 heteroatoms. The van der Waals surface area contributed by atoms with Crippen LogP contribution in [0.5, 0.6) is 0 Å². The van der Waals surface area contributed by atoms with Gasteiger partial charge < -0.3 is 9.80 Å². The van der Waals surface area contributed by atoms with E-state index in [4.69, 9.17) is 0 Å². The molecule has 1 saturated heterocycles. The predicted octanol–water partition coefficient (Wildman–Crippen LogP) is 2.70. The minimum Gasteiger partial charge on any atom is -0.350 e. The van der Waals surface area contributed by atoms with Crippen LogP contribution in [0, 0.1) is 5.92 Å². The monoisotopic (exact) mass is 287 g/mol. The lowest BCUT2D eigenvalue weighted by Gasteiger charge is -2.42. The molecule has 114 valence electrons. The number of nitrogens with zero attached hydrogens (tertiary/aromatic N) is 3. The van der Waals surface area contributed by atoms with Gasteiger partial charge in [-0.25, -0.2) is 4.98 Å². The van der Waals surface area contributed by atoms with Crippen LogP contribution in [0.2, 0.25) is 0 Å². The molecule has 3 rings (SSSR count). The van der Waals surface area contributed by atoms with E-state index in [0.717, 1.165) is 38.3 Å². The maximum atomic E-state index is 12.6. The van der Waals surface area contributed by atoms with Gasteiger partial charge >= 0.3 is 0 Å². The molecule has 1 atom stereocenters. The van der Waals surface area contributed by atoms with Crippen LogP contribution >= 0.6 is 0 Å². The summed E-state index contributed by atoms with van der Waals surface area (Å²) >= 11 is 0. The van der Waals surface area contributed by atoms with Gasteiger partial charge in [0, 0.05) is 37.8 Å². The van der Waals surface area contributed by atoms with Gasteiger partial charge in [-0.05, 0) is 31.9 Å². The maximum Gasteiger partial charge on any atom is 0.225 e. The summed E-state index contributed by atoms with van der Waals surface area (Å²) in [7, 11) is 0. The number of aromatic nitrogens is 1. The first kappa shape index (κ1) is 14.4. The fourth-order valence-corrected chi connectivity index (χ4v) is 3.63. The third-order valence-electron chi connectivity index (χ3n) is 4.84. The predicted molar refractivity (Wildman–Crippen MR) is 84.2 cm³/mol. The van der Waals surface area contributed by atoms with Gasteiger partial charge in [0.1, 0.15) is 5.82 Å². The first-order valence-corrected chi connectivity index (χ1v) is 8.22. The van der Waals surface area contributed by atoms with Gasteiger partial charge in [0.05, 0.1) is 0 Å². The van der Waals surface area contributed by atoms with Gasteiger partial charge in [-0.15, -0.1) is 0 Å². The molecule has 0 bridgehead atoms. The fourth-order valence-electron chi connectivity index (χ4n) is 3.63. The Kier molecular flexibility index (Phi) is 4.42. The number of carbonyl (C=O) groups is 1. The van der Waals surface area contributed by atoms with E-state index in [0.29, 0.717) is 11.9 Å². The van der Waals surface area contributed by atoms with Crippen molar-refractivity contribution in [3.8, 4) is 0 Å². The third-order valence-corrected chi connectivity index (χ3v) is 4.84. The topological polar surface area (TPSA) is 36.4 Å². The molecule has 1 saturated carbocycles. The van der Waals surface area contributed by atoms with E-state index in [-0.39, 0.29) is 5.92 Å². The Labute approximate surface area is 127 Å². The average Bonchev–Trinajstić information content (AvgIpc) is 2.55. The number of piperazine rings is 1. The van der Waals surface area contributed by atoms with Crippen LogP contribution in [0.25, 0.3) is 0 Å². The first-order chi connectivity index (χ1) is 10.3. The van der Waals surface area contributed by atoms with E-state index in [9.17, 15) is 4.79 Å². The molecule has 0 N–H and O–H groups in total. The number of amides is 1. The standard InChI is InChI=1S/C17H25N3O/c1-14-13-19(17(21)15-7-3-2-4-8-15)11-12-20(14)16-9-5-6-10-18-16/h5-6,9-10,14-15H,2-4,7-8,11-13H2,1H3/t14-/m1/s1. The van der Waals surface area contributed by atoms with Crippen LogP contribution in [-0.2, 0) is 4.79 Å². The molecule has 1 aromatic rings. The molecular weight excluding hydrogens is 262 g/mol. The van der Waals surface area contributed by atoms with Crippen molar-refractivity contribution < 1.29 is 4.79 Å². The molecule has 0 spiro atoms. The molecule has 0 aromatic carbocycles. The summed E-state index contributed by atoms with van der Waals surface area (Å²) in [5, 5.41) is 0. The normalized spacial score (nSPS) is 24.1. The Morgan fingerprint density at radius 1 is 1.19 bits per heavy atom. The van der Waals surface area contributed by atoms with Crippen molar-refractivity contribution in [3.05, 3.63) is 24.4 Å². The highest BCUT2D eigenvalue weighted by Gasteiger charge is 2.31. The lowest BCUT2D eigenvalue weighted by Crippen LogP contribution is -2.55. The van der Waals surface area contributed by atoms with E-state index in [1.165, 1.54) is 19.3 Å². The highest BCUT2D eigenvalue weighted by molar-refractivity contribution is 5.79. The summed E-state index contributed by atoms with van der Waals surface area (Å²) in [6.07, 6.45) is 7.76. The highest BCUT2D eigenvalue weighted by Crippen LogP contribution is 2.27. The number of hydrogen-bond acceptors (Lipinski definition) is 3. The van der Waals surface area contributed by atoms with Gasteiger partial charge in [0.2, 0.25) is 5.91 Å². The highest BCUT2D eigenvalue weighted by atomic mass is 16.2. The second kappa shape index (κ2) is 6.46. The van der Waals surface area contributed by atoms with Crippen molar-refractivity contribution in [2.75, 3.05) is 24.5 Å². The zero-order valence-corrected chi connectivity index (χ0v) is 12.9. The number of hydrogen-bond donors (Lipinski definition) is 0. The lowest BCUT2D eigenvalue weighted by molar-refractivity contribution is -0.137. The summed E-state index contributed by atoms with van der Waals surface area (Å²) in [6.45, 7) is 4.73. The van der Waals surface area contributed by atoms with Crippen molar-refractivity contribution in [2.24, 2.45) is 5.92 Å². The minimum absolute atomic E-state index is 0.285. The van der Waals surface area contributed by atoms with Crippen molar-refractivity contribution in [2.45, 2.75) is 45.1 Å². The zero-order valence-electron chi connectivity index (χ0n) is 12.9. The average molecular weight is 287 g/mol. The van der Waals surface area contributed by atoms with Crippen LogP contribution in [0.1, 0.15) is 39.0 Å². The number of anilines is 1. The van der Waals surface area contributed by atoms with Gasteiger partial charge in [0.15, 0.2) is 0 Å². The second-order valence-electron chi connectivity index (χ2n) is 6.35. The summed E-state index contributed by atoms with van der Waals surface area (Å²) in [6, 6.07) is 6.35. The van der Waals surface area contributed by atoms with Crippen LogP contribution in [-0.4, -0.2) is 41.5 Å². The minimum atomic E-state index is 0.285. The summed E-state index contributed by atoms with van der Waals surface area (Å²) in [5.74, 6) is 1.70. The SMILES string of the molecule is C[C@@H]1CN(C(=O)C2CCCCC2)CCN1c1ccccn1. The summed E-state index contributed by atoms with van der Waals surface area (Å²) in [5.41, 5.74) is 0. The Morgan fingerprint density at radius 3 is 2.67 bits per heavy atom. The van der Waals surface area contributed by atoms with Crippen LogP contribution in [0.4, 0.5) is 5.82 Å². The largest absolute Gasteiger partial charge is 0.350 e. The quantitative estimate of drug-likeness (QED) is 0.839. The number of pyridine rings is 1. The zero-order chi connectivity index (χ0) is 14.7. The third kappa shape index (κ3) is 3.20. The molecule has 4 nitrogen and oxygen atoms in total. The molecule has 2 fully saturated rings. The molecule has 0 unspecified atom stereocenters. The first-order valence-electron chi connectivity index (χ1n) is 8.22. The van der Waals surface area contributed by atoms with Crippen molar-refractivity contribution in [3.63, 3.8) is 0 Å². The van der Waals surface area contributed by atoms with E-state index < -0.39 is 0 Å². The van der Waals surface area contributed by atoms with E-state index >= 15 is 0 Å². The van der Waals surface area contributed by atoms with E-state index in [2.05, 4.69) is 27.8 Å². The lowest BCUT2D eigenvalue weighted by atomic mass is 9.88. The smallest absolute Gasteiger partial charge is 0.225 e. The van der Waals surface area contributed by atoms with Crippen LogP contribution < -0.4 is 4.90 Å². The van der Waals surface area contributed by atoms with E-state index in [1.54, 1.807) is 0 Å². The Hall–Kier alpha value is -1.58. The van der Waals surface area contributed by atoms with Crippen molar-refractivity contribution in [1.29, 1.82) is 0 Å². The molecule has 1 amide bonds. The fraction of sp³-hybridized carbons (Fsp3) is 0.647. The number of rotatable bonds is 2. The van der Waals surface area contributed by atoms with Gasteiger partial charge in [0.25, 0.3) is 0 Å². The Balaban J connectivity index is 1.61. The summed E-state index contributed by atoms with van der Waals surface area (Å²) < 4.78 is 0. The Bertz CT molecular complexity index is 470.